The van der Waals surface area contributed by atoms with E-state index in [1.807, 2.05) is 18.5 Å². The van der Waals surface area contributed by atoms with E-state index >= 15 is 0 Å². The van der Waals surface area contributed by atoms with Crippen LogP contribution in [0.1, 0.15) is 5.56 Å². The summed E-state index contributed by atoms with van der Waals surface area (Å²) in [5.41, 5.74) is 1.18. The van der Waals surface area contributed by atoms with E-state index in [0.717, 1.165) is 48.6 Å². The summed E-state index contributed by atoms with van der Waals surface area (Å²) in [6.07, 6.45) is 3.72. The molecule has 4 rings (SSSR count). The predicted octanol–water partition coefficient (Wildman–Crippen LogP) is 2.11. The quantitative estimate of drug-likeness (QED) is 0.807. The lowest BCUT2D eigenvalue weighted by Crippen LogP contribution is -2.29. The Balaban J connectivity index is 1.38. The molecule has 2 aromatic heterocycles. The number of anilines is 1. The number of aromatic nitrogens is 2. The maximum atomic E-state index is 11.8. The maximum absolute atomic E-state index is 11.8. The van der Waals surface area contributed by atoms with Gasteiger partial charge in [-0.2, -0.15) is 0 Å². The average Bonchev–Trinajstić information content (AvgIpc) is 3.10. The largest absolute Gasteiger partial charge is 0.356 e. The summed E-state index contributed by atoms with van der Waals surface area (Å²) in [7, 11) is 1.79. The molecule has 0 radical (unpaired) electrons. The van der Waals surface area contributed by atoms with E-state index in [4.69, 9.17) is 0 Å². The van der Waals surface area contributed by atoms with Crippen molar-refractivity contribution in [3.05, 3.63) is 57.0 Å². The number of hydrogen-bond acceptors (Lipinski definition) is 4. The number of likely N-dealkylation sites (tertiary alicyclic amines) is 1. The summed E-state index contributed by atoms with van der Waals surface area (Å²) in [6.45, 7) is 5.23. The van der Waals surface area contributed by atoms with Crippen molar-refractivity contribution in [3.63, 3.8) is 0 Å². The topological polar surface area (TPSA) is 41.4 Å². The highest BCUT2D eigenvalue weighted by atomic mass is 79.9. The van der Waals surface area contributed by atoms with Crippen LogP contribution in [0.4, 0.5) is 5.82 Å². The standard InChI is InChI=1S/C18H21BrN4O/c1-21-5-4-13(6-18(21)24)8-22-9-14-11-23(12-15(14)10-22)17-3-2-16(19)7-20-17/h2-7,14-15H,8-12H2,1H3. The lowest BCUT2D eigenvalue weighted by Gasteiger charge is -2.22. The third kappa shape index (κ3) is 3.13. The van der Waals surface area contributed by atoms with Crippen molar-refractivity contribution < 1.29 is 0 Å². The first kappa shape index (κ1) is 15.8. The Morgan fingerprint density at radius 3 is 2.54 bits per heavy atom. The van der Waals surface area contributed by atoms with Gasteiger partial charge >= 0.3 is 0 Å². The van der Waals surface area contributed by atoms with Gasteiger partial charge in [0, 0.05) is 62.7 Å². The van der Waals surface area contributed by atoms with Crippen LogP contribution < -0.4 is 10.5 Å². The molecule has 2 saturated heterocycles. The molecule has 4 heterocycles. The molecule has 0 N–H and O–H groups in total. The Hall–Kier alpha value is -1.66. The summed E-state index contributed by atoms with van der Waals surface area (Å²) < 4.78 is 2.64. The summed E-state index contributed by atoms with van der Waals surface area (Å²) in [6, 6.07) is 7.95. The summed E-state index contributed by atoms with van der Waals surface area (Å²) in [4.78, 5) is 21.2. The predicted molar refractivity (Wildman–Crippen MR) is 98.1 cm³/mol. The minimum Gasteiger partial charge on any atom is -0.356 e. The first-order valence-electron chi connectivity index (χ1n) is 8.33. The second kappa shape index (κ2) is 6.33. The van der Waals surface area contributed by atoms with Crippen molar-refractivity contribution in [2.24, 2.45) is 18.9 Å². The van der Waals surface area contributed by atoms with Gasteiger partial charge in [-0.1, -0.05) is 0 Å². The minimum absolute atomic E-state index is 0.0689. The molecule has 2 aliphatic heterocycles. The Bertz CT molecular complexity index is 774. The van der Waals surface area contributed by atoms with Crippen molar-refractivity contribution in [2.45, 2.75) is 6.54 Å². The Kier molecular flexibility index (Phi) is 4.18. The molecular formula is C18H21BrN4O. The van der Waals surface area contributed by atoms with Gasteiger partial charge in [0.1, 0.15) is 5.82 Å². The van der Waals surface area contributed by atoms with Gasteiger partial charge in [-0.05, 0) is 51.5 Å². The zero-order chi connectivity index (χ0) is 16.7. The molecule has 0 saturated carbocycles. The van der Waals surface area contributed by atoms with E-state index in [9.17, 15) is 4.79 Å². The van der Waals surface area contributed by atoms with Crippen molar-refractivity contribution in [2.75, 3.05) is 31.1 Å². The van der Waals surface area contributed by atoms with Gasteiger partial charge in [0.25, 0.3) is 5.56 Å². The number of hydrogen-bond donors (Lipinski definition) is 0. The van der Waals surface area contributed by atoms with E-state index < -0.39 is 0 Å². The Morgan fingerprint density at radius 2 is 1.92 bits per heavy atom. The zero-order valence-electron chi connectivity index (χ0n) is 13.7. The van der Waals surface area contributed by atoms with E-state index in [-0.39, 0.29) is 5.56 Å². The van der Waals surface area contributed by atoms with Gasteiger partial charge in [-0.15, -0.1) is 0 Å². The molecule has 2 aromatic rings. The first-order valence-corrected chi connectivity index (χ1v) is 9.12. The van der Waals surface area contributed by atoms with Crippen LogP contribution in [-0.4, -0.2) is 40.6 Å². The normalized spacial score (nSPS) is 23.7. The fourth-order valence-electron chi connectivity index (χ4n) is 3.91. The fraction of sp³-hybridized carbons (Fsp3) is 0.444. The molecule has 2 unspecified atom stereocenters. The van der Waals surface area contributed by atoms with E-state index in [1.165, 1.54) is 0 Å². The second-order valence-corrected chi connectivity index (χ2v) is 7.85. The monoisotopic (exact) mass is 388 g/mol. The second-order valence-electron chi connectivity index (χ2n) is 6.94. The SMILES string of the molecule is Cn1ccc(CN2CC3CN(c4ccc(Br)cn4)CC3C2)cc1=O. The lowest BCUT2D eigenvalue weighted by atomic mass is 10.0. The number of rotatable bonds is 3. The number of fused-ring (bicyclic) bond motifs is 1. The maximum Gasteiger partial charge on any atom is 0.250 e. The molecule has 0 aliphatic carbocycles. The van der Waals surface area contributed by atoms with Crippen LogP contribution in [0.5, 0.6) is 0 Å². The van der Waals surface area contributed by atoms with E-state index in [0.29, 0.717) is 11.8 Å². The summed E-state index contributed by atoms with van der Waals surface area (Å²) >= 11 is 3.44. The highest BCUT2D eigenvalue weighted by Crippen LogP contribution is 2.34. The molecule has 2 fully saturated rings. The Labute approximate surface area is 150 Å². The molecule has 0 spiro atoms. The average molecular weight is 389 g/mol. The van der Waals surface area contributed by atoms with E-state index in [1.54, 1.807) is 17.7 Å². The highest BCUT2D eigenvalue weighted by Gasteiger charge is 2.40. The third-order valence-corrected chi connectivity index (χ3v) is 5.64. The number of nitrogens with zero attached hydrogens (tertiary/aromatic N) is 4. The molecule has 0 bridgehead atoms. The van der Waals surface area contributed by atoms with Crippen molar-refractivity contribution in [1.29, 1.82) is 0 Å². The van der Waals surface area contributed by atoms with Crippen LogP contribution in [-0.2, 0) is 13.6 Å². The molecular weight excluding hydrogens is 368 g/mol. The molecule has 2 atom stereocenters. The van der Waals surface area contributed by atoms with E-state index in [2.05, 4.69) is 42.8 Å². The van der Waals surface area contributed by atoms with Crippen LogP contribution in [0, 0.1) is 11.8 Å². The third-order valence-electron chi connectivity index (χ3n) is 5.17. The minimum atomic E-state index is 0.0689. The highest BCUT2D eigenvalue weighted by molar-refractivity contribution is 9.10. The first-order chi connectivity index (χ1) is 11.6. The fourth-order valence-corrected chi connectivity index (χ4v) is 4.14. The van der Waals surface area contributed by atoms with Gasteiger partial charge < -0.3 is 9.47 Å². The van der Waals surface area contributed by atoms with Crippen LogP contribution in [0.25, 0.3) is 0 Å². The van der Waals surface area contributed by atoms with Gasteiger partial charge in [-0.3, -0.25) is 9.69 Å². The summed E-state index contributed by atoms with van der Waals surface area (Å²) in [5.74, 6) is 2.47. The number of aryl methyl sites for hydroxylation is 1. The van der Waals surface area contributed by atoms with Crippen molar-refractivity contribution >= 4 is 21.7 Å². The van der Waals surface area contributed by atoms with Gasteiger partial charge in [0.05, 0.1) is 0 Å². The van der Waals surface area contributed by atoms with Crippen molar-refractivity contribution in [1.82, 2.24) is 14.5 Å². The Morgan fingerprint density at radius 1 is 1.17 bits per heavy atom. The summed E-state index contributed by atoms with van der Waals surface area (Å²) in [5, 5.41) is 0. The van der Waals surface area contributed by atoms with Crippen LogP contribution in [0.15, 0.2) is 45.9 Å². The molecule has 0 aromatic carbocycles. The zero-order valence-corrected chi connectivity index (χ0v) is 15.3. The van der Waals surface area contributed by atoms with Gasteiger partial charge in [0.15, 0.2) is 0 Å². The molecule has 0 amide bonds. The van der Waals surface area contributed by atoms with Crippen LogP contribution >= 0.6 is 15.9 Å². The lowest BCUT2D eigenvalue weighted by molar-refractivity contribution is 0.308. The van der Waals surface area contributed by atoms with Crippen LogP contribution in [0.3, 0.4) is 0 Å². The molecule has 6 heteroatoms. The number of halogens is 1. The molecule has 24 heavy (non-hydrogen) atoms. The molecule has 5 nitrogen and oxygen atoms in total. The van der Waals surface area contributed by atoms with Crippen LogP contribution in [0.2, 0.25) is 0 Å². The molecule has 126 valence electrons. The van der Waals surface area contributed by atoms with Gasteiger partial charge in [-0.25, -0.2) is 4.98 Å². The van der Waals surface area contributed by atoms with Gasteiger partial charge in [0.2, 0.25) is 0 Å². The van der Waals surface area contributed by atoms with Crippen molar-refractivity contribution in [3.8, 4) is 0 Å². The number of pyridine rings is 2. The smallest absolute Gasteiger partial charge is 0.250 e. The molecule has 2 aliphatic rings.